The topological polar surface area (TPSA) is 48.9 Å². The number of benzene rings is 1. The number of nitrogens with zero attached hydrogens (tertiary/aromatic N) is 2. The summed E-state index contributed by atoms with van der Waals surface area (Å²) in [7, 11) is 3.51. The number of hydrogen-bond donors (Lipinski definition) is 2. The lowest BCUT2D eigenvalue weighted by atomic mass is 9.96. The molecule has 0 aliphatic carbocycles. The van der Waals surface area contributed by atoms with Crippen LogP contribution in [0.2, 0.25) is 0 Å². The molecule has 0 aromatic heterocycles. The van der Waals surface area contributed by atoms with E-state index in [0.29, 0.717) is 5.92 Å². The summed E-state index contributed by atoms with van der Waals surface area (Å²) >= 11 is 0. The molecule has 0 bridgehead atoms. The Hall–Kier alpha value is -2.01. The molecule has 5 heteroatoms. The van der Waals surface area contributed by atoms with Gasteiger partial charge in [0.25, 0.3) is 0 Å². The second-order valence-corrected chi connectivity index (χ2v) is 6.19. The molecule has 1 aliphatic rings. The Morgan fingerprint density at radius 2 is 2.00 bits per heavy atom. The van der Waals surface area contributed by atoms with Crippen LogP contribution in [-0.4, -0.2) is 51.2 Å². The van der Waals surface area contributed by atoms with Gasteiger partial charge in [0.1, 0.15) is 5.75 Å². The molecule has 0 spiro atoms. The first kappa shape index (κ1) is 18.3. The van der Waals surface area contributed by atoms with Crippen molar-refractivity contribution in [1.29, 1.82) is 0 Å². The molecule has 132 valence electrons. The highest BCUT2D eigenvalue weighted by Gasteiger charge is 2.19. The van der Waals surface area contributed by atoms with Crippen molar-refractivity contribution in [2.45, 2.75) is 19.4 Å². The fourth-order valence-electron chi connectivity index (χ4n) is 2.97. The molecule has 1 fully saturated rings. The normalized spacial score (nSPS) is 16.7. The zero-order chi connectivity index (χ0) is 17.2. The number of methoxy groups -OCH3 is 1. The van der Waals surface area contributed by atoms with E-state index in [4.69, 9.17) is 4.74 Å². The van der Waals surface area contributed by atoms with E-state index in [2.05, 4.69) is 39.2 Å². The summed E-state index contributed by atoms with van der Waals surface area (Å²) in [4.78, 5) is 6.75. The van der Waals surface area contributed by atoms with Gasteiger partial charge >= 0.3 is 0 Å². The molecule has 1 saturated heterocycles. The highest BCUT2D eigenvalue weighted by atomic mass is 16.5. The minimum absolute atomic E-state index is 0.708. The Morgan fingerprint density at radius 3 is 2.58 bits per heavy atom. The third-order valence-electron chi connectivity index (χ3n) is 4.47. The van der Waals surface area contributed by atoms with E-state index in [-0.39, 0.29) is 0 Å². The largest absolute Gasteiger partial charge is 0.497 e. The molecule has 0 amide bonds. The molecule has 2 rings (SSSR count). The van der Waals surface area contributed by atoms with Gasteiger partial charge in [0.2, 0.25) is 0 Å². The first-order chi connectivity index (χ1) is 11.7. The highest BCUT2D eigenvalue weighted by Crippen LogP contribution is 2.19. The molecule has 5 nitrogen and oxygen atoms in total. The van der Waals surface area contributed by atoms with Crippen LogP contribution < -0.4 is 15.4 Å². The summed E-state index contributed by atoms with van der Waals surface area (Å²) in [6, 6.07) is 8.38. The lowest BCUT2D eigenvalue weighted by Crippen LogP contribution is -2.42. The van der Waals surface area contributed by atoms with Crippen molar-refractivity contribution in [3.8, 4) is 5.75 Å². The SMILES string of the molecule is C=CCNC(=NC)NCC1CCN(Cc2ccc(OC)cc2)CC1. The first-order valence-electron chi connectivity index (χ1n) is 8.66. The van der Waals surface area contributed by atoms with Crippen LogP contribution in [0.1, 0.15) is 18.4 Å². The number of hydrogen-bond acceptors (Lipinski definition) is 3. The molecule has 24 heavy (non-hydrogen) atoms. The Labute approximate surface area is 145 Å². The van der Waals surface area contributed by atoms with Crippen LogP contribution in [0.15, 0.2) is 41.9 Å². The predicted molar refractivity (Wildman–Crippen MR) is 101 cm³/mol. The first-order valence-corrected chi connectivity index (χ1v) is 8.66. The van der Waals surface area contributed by atoms with E-state index >= 15 is 0 Å². The lowest BCUT2D eigenvalue weighted by Gasteiger charge is -2.32. The van der Waals surface area contributed by atoms with Crippen LogP contribution in [-0.2, 0) is 6.54 Å². The van der Waals surface area contributed by atoms with Crippen LogP contribution in [0.25, 0.3) is 0 Å². The molecule has 0 saturated carbocycles. The van der Waals surface area contributed by atoms with Gasteiger partial charge in [-0.15, -0.1) is 6.58 Å². The molecular weight excluding hydrogens is 300 g/mol. The number of ether oxygens (including phenoxy) is 1. The standard InChI is InChI=1S/C19H30N4O/c1-4-11-21-19(20-2)22-14-16-9-12-23(13-10-16)15-17-5-7-18(24-3)8-6-17/h4-8,16H,1,9-15H2,2-3H3,(H2,20,21,22). The zero-order valence-electron chi connectivity index (χ0n) is 14.9. The summed E-state index contributed by atoms with van der Waals surface area (Å²) in [5, 5.41) is 6.62. The number of guanidine groups is 1. The minimum Gasteiger partial charge on any atom is -0.497 e. The van der Waals surface area contributed by atoms with Crippen molar-refractivity contribution in [3.05, 3.63) is 42.5 Å². The van der Waals surface area contributed by atoms with Gasteiger partial charge in [-0.25, -0.2) is 0 Å². The van der Waals surface area contributed by atoms with Crippen LogP contribution in [0.3, 0.4) is 0 Å². The summed E-state index contributed by atoms with van der Waals surface area (Å²) in [6.45, 7) is 8.75. The molecule has 0 unspecified atom stereocenters. The van der Waals surface area contributed by atoms with Crippen molar-refractivity contribution in [1.82, 2.24) is 15.5 Å². The predicted octanol–water partition coefficient (Wildman–Crippen LogP) is 2.26. The lowest BCUT2D eigenvalue weighted by molar-refractivity contribution is 0.178. The van der Waals surface area contributed by atoms with Gasteiger partial charge in [0.05, 0.1) is 7.11 Å². The Kier molecular flexibility index (Phi) is 7.62. The smallest absolute Gasteiger partial charge is 0.191 e. The molecule has 1 aliphatic heterocycles. The Bertz CT molecular complexity index is 519. The minimum atomic E-state index is 0.708. The maximum absolute atomic E-state index is 5.21. The van der Waals surface area contributed by atoms with E-state index in [1.807, 2.05) is 18.2 Å². The molecule has 1 heterocycles. The summed E-state index contributed by atoms with van der Waals surface area (Å²) < 4.78 is 5.21. The fourth-order valence-corrected chi connectivity index (χ4v) is 2.97. The summed E-state index contributed by atoms with van der Waals surface area (Å²) in [5.41, 5.74) is 1.35. The van der Waals surface area contributed by atoms with E-state index in [1.54, 1.807) is 14.2 Å². The van der Waals surface area contributed by atoms with Gasteiger partial charge in [-0.05, 0) is 49.5 Å². The Balaban J connectivity index is 1.69. The monoisotopic (exact) mass is 330 g/mol. The molecular formula is C19H30N4O. The maximum atomic E-state index is 5.21. The molecule has 1 aromatic carbocycles. The molecule has 2 N–H and O–H groups in total. The van der Waals surface area contributed by atoms with E-state index in [1.165, 1.54) is 18.4 Å². The van der Waals surface area contributed by atoms with Gasteiger partial charge in [0.15, 0.2) is 5.96 Å². The van der Waals surface area contributed by atoms with E-state index < -0.39 is 0 Å². The zero-order valence-corrected chi connectivity index (χ0v) is 14.9. The van der Waals surface area contributed by atoms with Crippen molar-refractivity contribution in [3.63, 3.8) is 0 Å². The quantitative estimate of drug-likeness (QED) is 0.457. The second-order valence-electron chi connectivity index (χ2n) is 6.19. The number of nitrogens with one attached hydrogen (secondary N) is 2. The average Bonchev–Trinajstić information content (AvgIpc) is 2.64. The second kappa shape index (κ2) is 9.98. The fraction of sp³-hybridized carbons (Fsp3) is 0.526. The highest BCUT2D eigenvalue weighted by molar-refractivity contribution is 5.79. The number of aliphatic imine (C=N–C) groups is 1. The van der Waals surface area contributed by atoms with E-state index in [0.717, 1.165) is 44.4 Å². The van der Waals surface area contributed by atoms with Gasteiger partial charge < -0.3 is 15.4 Å². The van der Waals surface area contributed by atoms with Crippen LogP contribution in [0, 0.1) is 5.92 Å². The Morgan fingerprint density at radius 1 is 1.29 bits per heavy atom. The van der Waals surface area contributed by atoms with Crippen molar-refractivity contribution in [2.75, 3.05) is 40.3 Å². The van der Waals surface area contributed by atoms with Gasteiger partial charge in [-0.3, -0.25) is 9.89 Å². The van der Waals surface area contributed by atoms with Gasteiger partial charge in [-0.2, -0.15) is 0 Å². The summed E-state index contributed by atoms with van der Waals surface area (Å²) in [5.74, 6) is 2.48. The van der Waals surface area contributed by atoms with Crippen LogP contribution in [0.5, 0.6) is 5.75 Å². The average molecular weight is 330 g/mol. The van der Waals surface area contributed by atoms with E-state index in [9.17, 15) is 0 Å². The van der Waals surface area contributed by atoms with Gasteiger partial charge in [-0.1, -0.05) is 18.2 Å². The number of likely N-dealkylation sites (tertiary alicyclic amines) is 1. The molecule has 1 aromatic rings. The molecule has 0 radical (unpaired) electrons. The third kappa shape index (κ3) is 5.89. The van der Waals surface area contributed by atoms with Crippen LogP contribution in [0.4, 0.5) is 0 Å². The number of rotatable bonds is 7. The number of piperidine rings is 1. The molecule has 0 atom stereocenters. The van der Waals surface area contributed by atoms with Gasteiger partial charge in [0, 0.05) is 26.7 Å². The van der Waals surface area contributed by atoms with Crippen molar-refractivity contribution in [2.24, 2.45) is 10.9 Å². The summed E-state index contributed by atoms with van der Waals surface area (Å²) in [6.07, 6.45) is 4.29. The maximum Gasteiger partial charge on any atom is 0.191 e. The third-order valence-corrected chi connectivity index (χ3v) is 4.47. The van der Waals surface area contributed by atoms with Crippen molar-refractivity contribution < 1.29 is 4.74 Å². The van der Waals surface area contributed by atoms with Crippen molar-refractivity contribution >= 4 is 5.96 Å². The van der Waals surface area contributed by atoms with Crippen LogP contribution >= 0.6 is 0 Å².